The molecule has 0 unspecified atom stereocenters. The second-order valence-corrected chi connectivity index (χ2v) is 4.42. The van der Waals surface area contributed by atoms with Crippen molar-refractivity contribution in [3.63, 3.8) is 0 Å². The van der Waals surface area contributed by atoms with Crippen molar-refractivity contribution in [2.75, 3.05) is 19.8 Å². The van der Waals surface area contributed by atoms with Crippen LogP contribution >= 0.6 is 0 Å². The maximum atomic E-state index is 11.4. The van der Waals surface area contributed by atoms with Gasteiger partial charge in [-0.2, -0.15) is 0 Å². The van der Waals surface area contributed by atoms with Gasteiger partial charge in [0, 0.05) is 12.0 Å². The first-order valence-electron chi connectivity index (χ1n) is 5.18. The Morgan fingerprint density at radius 2 is 2.29 bits per heavy atom. The highest BCUT2D eigenvalue weighted by molar-refractivity contribution is 5.81. The zero-order valence-corrected chi connectivity index (χ0v) is 9.01. The molecule has 1 amide bonds. The van der Waals surface area contributed by atoms with Crippen LogP contribution in [0.3, 0.4) is 0 Å². The molecule has 0 saturated carbocycles. The summed E-state index contributed by atoms with van der Waals surface area (Å²) in [4.78, 5) is 11.4. The first-order chi connectivity index (χ1) is 6.57. The Balaban J connectivity index is 2.20. The Morgan fingerprint density at radius 1 is 1.64 bits per heavy atom. The van der Waals surface area contributed by atoms with Gasteiger partial charge in [-0.15, -0.1) is 0 Å². The second-order valence-electron chi connectivity index (χ2n) is 4.42. The molecule has 1 atom stereocenters. The molecule has 0 aromatic rings. The molecule has 0 aromatic heterocycles. The van der Waals surface area contributed by atoms with E-state index in [1.165, 1.54) is 0 Å². The van der Waals surface area contributed by atoms with E-state index in [0.717, 1.165) is 26.1 Å². The number of rotatable bonds is 5. The second kappa shape index (κ2) is 4.75. The van der Waals surface area contributed by atoms with Crippen molar-refractivity contribution in [2.45, 2.75) is 32.7 Å². The topological polar surface area (TPSA) is 64.4 Å². The number of nitrogens with two attached hydrogens (primary N) is 1. The molecule has 1 heterocycles. The summed E-state index contributed by atoms with van der Waals surface area (Å²) < 4.78 is 5.10. The maximum absolute atomic E-state index is 11.4. The minimum Gasteiger partial charge on any atom is -0.380 e. The third kappa shape index (κ3) is 2.96. The van der Waals surface area contributed by atoms with Crippen molar-refractivity contribution in [1.29, 1.82) is 0 Å². The Morgan fingerprint density at radius 3 is 2.71 bits per heavy atom. The Hall–Kier alpha value is -0.610. The standard InChI is InChI=1S/C10H20N2O2/c1-3-4-8(11)9(13)12-5-10(2)6-14-7-10/h8H,3-7,11H2,1-2H3,(H,12,13)/t8-/m1/s1. The summed E-state index contributed by atoms with van der Waals surface area (Å²) in [6, 6.07) is -0.357. The zero-order chi connectivity index (χ0) is 10.6. The van der Waals surface area contributed by atoms with Gasteiger partial charge < -0.3 is 15.8 Å². The average molecular weight is 200 g/mol. The zero-order valence-electron chi connectivity index (χ0n) is 9.01. The van der Waals surface area contributed by atoms with Crippen molar-refractivity contribution in [3.05, 3.63) is 0 Å². The Bertz CT molecular complexity index is 202. The molecule has 0 bridgehead atoms. The quantitative estimate of drug-likeness (QED) is 0.669. The summed E-state index contributed by atoms with van der Waals surface area (Å²) in [5.41, 5.74) is 5.80. The number of hydrogen-bond acceptors (Lipinski definition) is 3. The van der Waals surface area contributed by atoms with Gasteiger partial charge in [-0.25, -0.2) is 0 Å². The molecule has 82 valence electrons. The van der Waals surface area contributed by atoms with Crippen LogP contribution in [0.5, 0.6) is 0 Å². The molecule has 1 fully saturated rings. The molecule has 0 radical (unpaired) electrons. The average Bonchev–Trinajstić information content (AvgIpc) is 2.11. The van der Waals surface area contributed by atoms with Gasteiger partial charge >= 0.3 is 0 Å². The molecule has 0 aromatic carbocycles. The Kier molecular flexibility index (Phi) is 3.89. The fourth-order valence-electron chi connectivity index (χ4n) is 1.43. The van der Waals surface area contributed by atoms with Crippen molar-refractivity contribution < 1.29 is 9.53 Å². The van der Waals surface area contributed by atoms with E-state index in [1.54, 1.807) is 0 Å². The minimum atomic E-state index is -0.357. The monoisotopic (exact) mass is 200 g/mol. The molecule has 4 nitrogen and oxygen atoms in total. The molecule has 0 spiro atoms. The van der Waals surface area contributed by atoms with Crippen LogP contribution < -0.4 is 11.1 Å². The molecular formula is C10H20N2O2. The van der Waals surface area contributed by atoms with E-state index in [2.05, 4.69) is 12.2 Å². The first kappa shape index (κ1) is 11.5. The van der Waals surface area contributed by atoms with E-state index in [1.807, 2.05) is 6.92 Å². The summed E-state index contributed by atoms with van der Waals surface area (Å²) in [6.45, 7) is 6.26. The number of amides is 1. The SMILES string of the molecule is CCC[C@@H](N)C(=O)NCC1(C)COC1. The van der Waals surface area contributed by atoms with Crippen molar-refractivity contribution in [2.24, 2.45) is 11.1 Å². The summed E-state index contributed by atoms with van der Waals surface area (Å²) >= 11 is 0. The van der Waals surface area contributed by atoms with Gasteiger partial charge in [0.2, 0.25) is 5.91 Å². The van der Waals surface area contributed by atoms with Crippen molar-refractivity contribution in [1.82, 2.24) is 5.32 Å². The van der Waals surface area contributed by atoms with Crippen LogP contribution in [0.2, 0.25) is 0 Å². The molecule has 3 N–H and O–H groups in total. The first-order valence-corrected chi connectivity index (χ1v) is 5.18. The van der Waals surface area contributed by atoms with E-state index in [4.69, 9.17) is 10.5 Å². The molecular weight excluding hydrogens is 180 g/mol. The summed E-state index contributed by atoms with van der Waals surface area (Å²) in [6.07, 6.45) is 1.69. The van der Waals surface area contributed by atoms with E-state index in [-0.39, 0.29) is 17.4 Å². The summed E-state index contributed by atoms with van der Waals surface area (Å²) in [7, 11) is 0. The molecule has 1 aliphatic rings. The number of ether oxygens (including phenoxy) is 1. The molecule has 0 aliphatic carbocycles. The third-order valence-electron chi connectivity index (χ3n) is 2.53. The normalized spacial score (nSPS) is 21.1. The molecule has 1 saturated heterocycles. The van der Waals surface area contributed by atoms with Crippen LogP contribution in [0.4, 0.5) is 0 Å². The number of carbonyl (C=O) groups is 1. The van der Waals surface area contributed by atoms with Gasteiger partial charge in [0.1, 0.15) is 0 Å². The van der Waals surface area contributed by atoms with Gasteiger partial charge in [0.05, 0.1) is 19.3 Å². The van der Waals surface area contributed by atoms with Gasteiger partial charge in [-0.3, -0.25) is 4.79 Å². The predicted molar refractivity (Wildman–Crippen MR) is 54.8 cm³/mol. The maximum Gasteiger partial charge on any atom is 0.236 e. The van der Waals surface area contributed by atoms with Crippen LogP contribution in [-0.4, -0.2) is 31.7 Å². The number of hydrogen-bond donors (Lipinski definition) is 2. The summed E-state index contributed by atoms with van der Waals surface area (Å²) in [5.74, 6) is -0.0417. The lowest BCUT2D eigenvalue weighted by molar-refractivity contribution is -0.128. The fraction of sp³-hybridized carbons (Fsp3) is 0.900. The largest absolute Gasteiger partial charge is 0.380 e. The lowest BCUT2D eigenvalue weighted by atomic mass is 9.88. The minimum absolute atomic E-state index is 0.0417. The van der Waals surface area contributed by atoms with Gasteiger partial charge in [0.15, 0.2) is 0 Å². The van der Waals surface area contributed by atoms with E-state index in [0.29, 0.717) is 6.54 Å². The van der Waals surface area contributed by atoms with Crippen LogP contribution in [0, 0.1) is 5.41 Å². The fourth-order valence-corrected chi connectivity index (χ4v) is 1.43. The third-order valence-corrected chi connectivity index (χ3v) is 2.53. The predicted octanol–water partition coefficient (Wildman–Crippen LogP) is 0.267. The molecule has 14 heavy (non-hydrogen) atoms. The Labute approximate surface area is 85.2 Å². The lowest BCUT2D eigenvalue weighted by Crippen LogP contribution is -2.51. The molecule has 1 aliphatic heterocycles. The lowest BCUT2D eigenvalue weighted by Gasteiger charge is -2.38. The highest BCUT2D eigenvalue weighted by Crippen LogP contribution is 2.24. The van der Waals surface area contributed by atoms with Crippen molar-refractivity contribution >= 4 is 5.91 Å². The molecule has 1 rings (SSSR count). The van der Waals surface area contributed by atoms with Crippen LogP contribution in [0.1, 0.15) is 26.7 Å². The van der Waals surface area contributed by atoms with Gasteiger partial charge in [0.25, 0.3) is 0 Å². The highest BCUT2D eigenvalue weighted by atomic mass is 16.5. The van der Waals surface area contributed by atoms with Gasteiger partial charge in [-0.1, -0.05) is 20.3 Å². The van der Waals surface area contributed by atoms with E-state index >= 15 is 0 Å². The molecule has 4 heteroatoms. The van der Waals surface area contributed by atoms with E-state index < -0.39 is 0 Å². The van der Waals surface area contributed by atoms with Crippen LogP contribution in [0.25, 0.3) is 0 Å². The van der Waals surface area contributed by atoms with Crippen molar-refractivity contribution in [3.8, 4) is 0 Å². The number of nitrogens with one attached hydrogen (secondary N) is 1. The van der Waals surface area contributed by atoms with E-state index in [9.17, 15) is 4.79 Å². The van der Waals surface area contributed by atoms with Gasteiger partial charge in [-0.05, 0) is 6.42 Å². The highest BCUT2D eigenvalue weighted by Gasteiger charge is 2.33. The smallest absolute Gasteiger partial charge is 0.236 e. The van der Waals surface area contributed by atoms with Crippen LogP contribution in [0.15, 0.2) is 0 Å². The summed E-state index contributed by atoms with van der Waals surface area (Å²) in [5, 5.41) is 2.87. The number of carbonyl (C=O) groups excluding carboxylic acids is 1. The van der Waals surface area contributed by atoms with Crippen LogP contribution in [-0.2, 0) is 9.53 Å².